The summed E-state index contributed by atoms with van der Waals surface area (Å²) >= 11 is 0. The standard InChI is InChI=1S/C30H28N2O8/c1-32(2)20-12-15(8-7-14-5-4-6-18(9-14)40-3)25(34)23-19(20)11-16-10-17-13-21(33)24(29(31)38)28(37)30(17,39)27(36)22(16)26(23)35/h4-6,9,12,16-17,22,24,34,39H,10-11,13H2,1-3H3,(H2,31,38)/t16-,17+,22?,24?,30+/m1/s1. The Bertz CT molecular complexity index is 1570. The number of hydrogen-bond donors (Lipinski definition) is 3. The van der Waals surface area contributed by atoms with E-state index in [1.165, 1.54) is 7.11 Å². The Morgan fingerprint density at radius 2 is 1.82 bits per heavy atom. The lowest BCUT2D eigenvalue weighted by Gasteiger charge is -2.48. The molecule has 206 valence electrons. The number of carbonyl (C=O) groups excluding carboxylic acids is 5. The van der Waals surface area contributed by atoms with Crippen molar-refractivity contribution in [2.24, 2.45) is 29.4 Å². The summed E-state index contributed by atoms with van der Waals surface area (Å²) in [5.41, 5.74) is 4.36. The highest BCUT2D eigenvalue weighted by molar-refractivity contribution is 6.31. The third-order valence-corrected chi connectivity index (χ3v) is 8.27. The minimum absolute atomic E-state index is 0.0338. The molecular formula is C30H28N2O8. The number of amides is 1. The molecule has 2 aromatic rings. The first-order valence-corrected chi connectivity index (χ1v) is 12.8. The van der Waals surface area contributed by atoms with E-state index in [9.17, 15) is 34.2 Å². The molecule has 40 heavy (non-hydrogen) atoms. The maximum Gasteiger partial charge on any atom is 0.235 e. The van der Waals surface area contributed by atoms with Gasteiger partial charge in [-0.05, 0) is 48.6 Å². The number of anilines is 1. The topological polar surface area (TPSA) is 164 Å². The molecule has 2 fully saturated rings. The van der Waals surface area contributed by atoms with Crippen molar-refractivity contribution in [3.05, 3.63) is 52.6 Å². The van der Waals surface area contributed by atoms with Gasteiger partial charge in [0, 0.05) is 37.7 Å². The van der Waals surface area contributed by atoms with E-state index in [0.717, 1.165) is 0 Å². The van der Waals surface area contributed by atoms with E-state index in [1.54, 1.807) is 49.3 Å². The van der Waals surface area contributed by atoms with Gasteiger partial charge in [-0.1, -0.05) is 17.9 Å². The number of rotatable bonds is 3. The van der Waals surface area contributed by atoms with Crippen LogP contribution in [0.3, 0.4) is 0 Å². The number of aromatic hydroxyl groups is 1. The molecule has 5 rings (SSSR count). The molecule has 0 aliphatic heterocycles. The van der Waals surface area contributed by atoms with E-state index in [2.05, 4.69) is 11.8 Å². The second-order valence-electron chi connectivity index (χ2n) is 10.8. The number of phenols is 1. The van der Waals surface area contributed by atoms with E-state index in [0.29, 0.717) is 22.6 Å². The van der Waals surface area contributed by atoms with Gasteiger partial charge in [0.15, 0.2) is 34.7 Å². The van der Waals surface area contributed by atoms with E-state index in [1.807, 2.05) is 0 Å². The summed E-state index contributed by atoms with van der Waals surface area (Å²) in [6.45, 7) is 0. The summed E-state index contributed by atoms with van der Waals surface area (Å²) in [5.74, 6) is -4.10. The average molecular weight is 545 g/mol. The van der Waals surface area contributed by atoms with E-state index in [4.69, 9.17) is 10.5 Å². The summed E-state index contributed by atoms with van der Waals surface area (Å²) in [7, 11) is 5.08. The van der Waals surface area contributed by atoms with Crippen LogP contribution in [-0.2, 0) is 25.6 Å². The molecule has 0 radical (unpaired) electrons. The Kier molecular flexibility index (Phi) is 6.51. The average Bonchev–Trinajstić information content (AvgIpc) is 2.90. The normalized spacial score (nSPS) is 27.1. The van der Waals surface area contributed by atoms with E-state index >= 15 is 0 Å². The zero-order valence-corrected chi connectivity index (χ0v) is 22.2. The summed E-state index contributed by atoms with van der Waals surface area (Å²) in [6, 6.07) is 8.67. The fraction of sp³-hybridized carbons (Fsp3) is 0.367. The van der Waals surface area contributed by atoms with Crippen molar-refractivity contribution >= 4 is 34.7 Å². The van der Waals surface area contributed by atoms with Crippen LogP contribution in [0.5, 0.6) is 11.5 Å². The van der Waals surface area contributed by atoms with Crippen molar-refractivity contribution in [1.29, 1.82) is 0 Å². The summed E-state index contributed by atoms with van der Waals surface area (Å²) in [6.07, 6.45) is -0.154. The maximum absolute atomic E-state index is 13.9. The van der Waals surface area contributed by atoms with Crippen LogP contribution in [0.25, 0.3) is 0 Å². The zero-order chi connectivity index (χ0) is 29.1. The molecule has 3 aliphatic carbocycles. The van der Waals surface area contributed by atoms with Gasteiger partial charge in [0.05, 0.1) is 24.2 Å². The molecule has 0 spiro atoms. The van der Waals surface area contributed by atoms with Crippen molar-refractivity contribution in [3.8, 4) is 23.3 Å². The second-order valence-corrected chi connectivity index (χ2v) is 10.8. The number of phenolic OH excluding ortho intramolecular Hbond substituents is 1. The van der Waals surface area contributed by atoms with Crippen molar-refractivity contribution < 1.29 is 38.9 Å². The molecule has 0 aromatic heterocycles. The number of carbonyl (C=O) groups is 5. The van der Waals surface area contributed by atoms with Crippen molar-refractivity contribution in [2.75, 3.05) is 26.1 Å². The minimum Gasteiger partial charge on any atom is -0.506 e. The third kappa shape index (κ3) is 3.97. The Labute approximate surface area is 230 Å². The molecule has 0 bridgehead atoms. The van der Waals surface area contributed by atoms with Crippen LogP contribution >= 0.6 is 0 Å². The quantitative estimate of drug-likeness (QED) is 0.374. The van der Waals surface area contributed by atoms with Gasteiger partial charge < -0.3 is 25.6 Å². The van der Waals surface area contributed by atoms with Crippen molar-refractivity contribution in [1.82, 2.24) is 0 Å². The summed E-state index contributed by atoms with van der Waals surface area (Å²) in [4.78, 5) is 66.9. The smallest absolute Gasteiger partial charge is 0.235 e. The molecule has 10 nitrogen and oxygen atoms in total. The Hall–Kier alpha value is -4.49. The number of Topliss-reactive ketones (excluding diaryl/α,β-unsaturated/α-hetero) is 4. The molecule has 2 saturated carbocycles. The van der Waals surface area contributed by atoms with Crippen LogP contribution in [0.2, 0.25) is 0 Å². The van der Waals surface area contributed by atoms with Crippen LogP contribution in [-0.4, -0.2) is 66.1 Å². The van der Waals surface area contributed by atoms with Crippen LogP contribution in [0.1, 0.15) is 39.9 Å². The summed E-state index contributed by atoms with van der Waals surface area (Å²) in [5, 5.41) is 22.6. The fourth-order valence-electron chi connectivity index (χ4n) is 6.35. The van der Waals surface area contributed by atoms with Crippen LogP contribution in [0, 0.1) is 35.5 Å². The Morgan fingerprint density at radius 1 is 1.10 bits per heavy atom. The molecule has 1 amide bonds. The van der Waals surface area contributed by atoms with E-state index in [-0.39, 0.29) is 30.4 Å². The monoisotopic (exact) mass is 544 g/mol. The number of ether oxygens (including phenoxy) is 1. The zero-order valence-electron chi connectivity index (χ0n) is 22.2. The highest BCUT2D eigenvalue weighted by atomic mass is 16.5. The van der Waals surface area contributed by atoms with Crippen LogP contribution < -0.4 is 15.4 Å². The first-order chi connectivity index (χ1) is 18.9. The van der Waals surface area contributed by atoms with Gasteiger partial charge in [-0.3, -0.25) is 24.0 Å². The highest BCUT2D eigenvalue weighted by Gasteiger charge is 2.66. The molecule has 2 unspecified atom stereocenters. The SMILES string of the molecule is COc1cccc(C#Cc2cc(N(C)C)c3c(c2O)C(=O)C2C(=O)[C@]4(O)C(=O)C(C(N)=O)C(=O)C[C@@H]4C[C@@H]2C3)c1. The minimum atomic E-state index is -2.69. The maximum atomic E-state index is 13.9. The number of nitrogens with zero attached hydrogens (tertiary/aromatic N) is 1. The number of nitrogens with two attached hydrogens (primary N) is 1. The van der Waals surface area contributed by atoms with Gasteiger partial charge >= 0.3 is 0 Å². The van der Waals surface area contributed by atoms with Crippen molar-refractivity contribution in [2.45, 2.75) is 24.9 Å². The molecular weight excluding hydrogens is 516 g/mol. The van der Waals surface area contributed by atoms with Gasteiger partial charge in [0.1, 0.15) is 11.5 Å². The van der Waals surface area contributed by atoms with Gasteiger partial charge in [-0.15, -0.1) is 0 Å². The number of fused-ring (bicyclic) bond motifs is 3. The molecule has 4 N–H and O–H groups in total. The predicted molar refractivity (Wildman–Crippen MR) is 142 cm³/mol. The Balaban J connectivity index is 1.61. The molecule has 0 heterocycles. The van der Waals surface area contributed by atoms with Gasteiger partial charge in [-0.2, -0.15) is 0 Å². The largest absolute Gasteiger partial charge is 0.506 e. The number of benzene rings is 2. The number of ketones is 4. The third-order valence-electron chi connectivity index (χ3n) is 8.27. The molecule has 0 saturated heterocycles. The molecule has 5 atom stereocenters. The lowest BCUT2D eigenvalue weighted by Crippen LogP contribution is -2.68. The molecule has 10 heteroatoms. The lowest BCUT2D eigenvalue weighted by atomic mass is 9.53. The van der Waals surface area contributed by atoms with Gasteiger partial charge in [-0.25, -0.2) is 0 Å². The van der Waals surface area contributed by atoms with Gasteiger partial charge in [0.2, 0.25) is 5.91 Å². The molecule has 2 aromatic carbocycles. The van der Waals surface area contributed by atoms with E-state index < -0.39 is 64.1 Å². The lowest BCUT2D eigenvalue weighted by molar-refractivity contribution is -0.175. The van der Waals surface area contributed by atoms with Crippen LogP contribution in [0.4, 0.5) is 5.69 Å². The van der Waals surface area contributed by atoms with Gasteiger partial charge in [0.25, 0.3) is 0 Å². The first-order valence-electron chi connectivity index (χ1n) is 12.8. The number of aliphatic hydroxyl groups is 1. The Morgan fingerprint density at radius 3 is 2.48 bits per heavy atom. The first kappa shape index (κ1) is 27.1. The fourth-order valence-corrected chi connectivity index (χ4v) is 6.35. The number of primary amides is 1. The second kappa shape index (κ2) is 9.61. The highest BCUT2D eigenvalue weighted by Crippen LogP contribution is 2.51. The number of methoxy groups -OCH3 is 1. The summed E-state index contributed by atoms with van der Waals surface area (Å²) < 4.78 is 5.22. The van der Waals surface area contributed by atoms with Crippen molar-refractivity contribution in [3.63, 3.8) is 0 Å². The number of hydrogen-bond acceptors (Lipinski definition) is 9. The predicted octanol–water partition coefficient (Wildman–Crippen LogP) is 0.801. The van der Waals surface area contributed by atoms with Crippen LogP contribution in [0.15, 0.2) is 30.3 Å². The molecule has 3 aliphatic rings.